The lowest BCUT2D eigenvalue weighted by Crippen LogP contribution is -2.32. The standard InChI is InChI=1S/C23H30N2O5S/c1-6-17(30-16-13-11-10-12-14-16)20(26)24-21-18(23(28)29-9-4)15(5)19(31-21)22(27)25(7-2)8-3/h10-14,17H,6-9H2,1-5H3,(H,24,26)/t17-/m1/s1. The molecule has 2 amide bonds. The number of anilines is 1. The van der Waals surface area contributed by atoms with E-state index < -0.39 is 12.1 Å². The third kappa shape index (κ3) is 5.85. The van der Waals surface area contributed by atoms with Gasteiger partial charge in [0.15, 0.2) is 6.10 Å². The molecule has 2 rings (SSSR count). The van der Waals surface area contributed by atoms with Crippen molar-refractivity contribution in [1.29, 1.82) is 0 Å². The van der Waals surface area contributed by atoms with Crippen molar-refractivity contribution in [3.63, 3.8) is 0 Å². The van der Waals surface area contributed by atoms with Crippen molar-refractivity contribution in [1.82, 2.24) is 4.90 Å². The molecule has 1 heterocycles. The van der Waals surface area contributed by atoms with Gasteiger partial charge in [-0.3, -0.25) is 9.59 Å². The Morgan fingerprint density at radius 1 is 1.06 bits per heavy atom. The van der Waals surface area contributed by atoms with Crippen LogP contribution in [0.2, 0.25) is 0 Å². The van der Waals surface area contributed by atoms with Gasteiger partial charge in [0.1, 0.15) is 10.8 Å². The molecule has 31 heavy (non-hydrogen) atoms. The van der Waals surface area contributed by atoms with E-state index in [4.69, 9.17) is 9.47 Å². The van der Waals surface area contributed by atoms with Gasteiger partial charge in [-0.2, -0.15) is 0 Å². The number of carbonyl (C=O) groups excluding carboxylic acids is 3. The average Bonchev–Trinajstić information content (AvgIpc) is 3.09. The van der Waals surface area contributed by atoms with E-state index in [0.717, 1.165) is 11.3 Å². The molecule has 1 aromatic heterocycles. The summed E-state index contributed by atoms with van der Waals surface area (Å²) < 4.78 is 11.0. The van der Waals surface area contributed by atoms with Crippen LogP contribution in [0.5, 0.6) is 5.75 Å². The second-order valence-electron chi connectivity index (χ2n) is 6.78. The van der Waals surface area contributed by atoms with E-state index in [1.807, 2.05) is 39.0 Å². The zero-order chi connectivity index (χ0) is 23.0. The molecular formula is C23H30N2O5S. The summed E-state index contributed by atoms with van der Waals surface area (Å²) in [7, 11) is 0. The van der Waals surface area contributed by atoms with Gasteiger partial charge in [-0.15, -0.1) is 11.3 Å². The number of para-hydroxylation sites is 1. The molecule has 0 unspecified atom stereocenters. The van der Waals surface area contributed by atoms with E-state index in [1.54, 1.807) is 30.9 Å². The van der Waals surface area contributed by atoms with Crippen molar-refractivity contribution < 1.29 is 23.9 Å². The molecule has 0 aliphatic rings. The third-order valence-electron chi connectivity index (χ3n) is 4.79. The Morgan fingerprint density at radius 2 is 1.71 bits per heavy atom. The number of rotatable bonds is 10. The highest BCUT2D eigenvalue weighted by molar-refractivity contribution is 7.18. The Morgan fingerprint density at radius 3 is 2.26 bits per heavy atom. The number of nitrogens with zero attached hydrogens (tertiary/aromatic N) is 1. The molecule has 1 N–H and O–H groups in total. The van der Waals surface area contributed by atoms with Crippen molar-refractivity contribution in [3.8, 4) is 5.75 Å². The molecule has 0 fully saturated rings. The van der Waals surface area contributed by atoms with E-state index in [-0.39, 0.29) is 24.0 Å². The molecule has 8 heteroatoms. The average molecular weight is 447 g/mol. The third-order valence-corrected chi connectivity index (χ3v) is 5.99. The minimum Gasteiger partial charge on any atom is -0.481 e. The smallest absolute Gasteiger partial charge is 0.341 e. The molecule has 2 aromatic rings. The number of ether oxygens (including phenoxy) is 2. The lowest BCUT2D eigenvalue weighted by molar-refractivity contribution is -0.122. The number of benzene rings is 1. The zero-order valence-corrected chi connectivity index (χ0v) is 19.5. The number of amides is 2. The first-order valence-corrected chi connectivity index (χ1v) is 11.3. The summed E-state index contributed by atoms with van der Waals surface area (Å²) in [6.07, 6.45) is -0.313. The van der Waals surface area contributed by atoms with Gasteiger partial charge in [0.25, 0.3) is 11.8 Å². The van der Waals surface area contributed by atoms with Gasteiger partial charge in [0, 0.05) is 13.1 Å². The highest BCUT2D eigenvalue weighted by Crippen LogP contribution is 2.35. The summed E-state index contributed by atoms with van der Waals surface area (Å²) in [6.45, 7) is 10.3. The Bertz CT molecular complexity index is 906. The number of thiophene rings is 1. The summed E-state index contributed by atoms with van der Waals surface area (Å²) in [4.78, 5) is 40.6. The Labute approximate surface area is 187 Å². The highest BCUT2D eigenvalue weighted by atomic mass is 32.1. The zero-order valence-electron chi connectivity index (χ0n) is 18.7. The van der Waals surface area contributed by atoms with E-state index in [9.17, 15) is 14.4 Å². The summed E-state index contributed by atoms with van der Waals surface area (Å²) in [5, 5.41) is 3.09. The molecule has 0 saturated carbocycles. The maximum atomic E-state index is 12.9. The van der Waals surface area contributed by atoms with Crippen molar-refractivity contribution in [3.05, 3.63) is 46.3 Å². The van der Waals surface area contributed by atoms with Crippen LogP contribution >= 0.6 is 11.3 Å². The van der Waals surface area contributed by atoms with Gasteiger partial charge in [0.05, 0.1) is 17.0 Å². The predicted octanol–water partition coefficient (Wildman–Crippen LogP) is 4.51. The van der Waals surface area contributed by atoms with Crippen molar-refractivity contribution >= 4 is 34.1 Å². The largest absolute Gasteiger partial charge is 0.481 e. The summed E-state index contributed by atoms with van der Waals surface area (Å²) in [6, 6.07) is 9.06. The quantitative estimate of drug-likeness (QED) is 0.543. The van der Waals surface area contributed by atoms with E-state index in [2.05, 4.69) is 5.32 Å². The maximum Gasteiger partial charge on any atom is 0.341 e. The van der Waals surface area contributed by atoms with Crippen LogP contribution in [-0.4, -0.2) is 48.5 Å². The predicted molar refractivity (Wildman–Crippen MR) is 122 cm³/mol. The fourth-order valence-electron chi connectivity index (χ4n) is 3.09. The second-order valence-corrected chi connectivity index (χ2v) is 7.80. The van der Waals surface area contributed by atoms with Crippen LogP contribution in [0.4, 0.5) is 5.00 Å². The molecule has 7 nitrogen and oxygen atoms in total. The number of carbonyl (C=O) groups is 3. The lowest BCUT2D eigenvalue weighted by Gasteiger charge is -2.18. The normalized spacial score (nSPS) is 11.5. The van der Waals surface area contributed by atoms with Crippen molar-refractivity contribution in [2.45, 2.75) is 47.1 Å². The second kappa shape index (κ2) is 11.5. The summed E-state index contributed by atoms with van der Waals surface area (Å²) >= 11 is 1.09. The van der Waals surface area contributed by atoms with E-state index in [0.29, 0.717) is 40.7 Å². The lowest BCUT2D eigenvalue weighted by atomic mass is 10.1. The molecule has 0 bridgehead atoms. The van der Waals surface area contributed by atoms with Crippen LogP contribution in [0.3, 0.4) is 0 Å². The molecule has 1 aromatic carbocycles. The first kappa shape index (κ1) is 24.4. The number of nitrogens with one attached hydrogen (secondary N) is 1. The fourth-order valence-corrected chi connectivity index (χ4v) is 4.25. The van der Waals surface area contributed by atoms with Gasteiger partial charge in [0.2, 0.25) is 0 Å². The van der Waals surface area contributed by atoms with Crippen molar-refractivity contribution in [2.24, 2.45) is 0 Å². The van der Waals surface area contributed by atoms with Crippen LogP contribution in [0.1, 0.15) is 59.7 Å². The van der Waals surface area contributed by atoms with Crippen LogP contribution < -0.4 is 10.1 Å². The molecule has 1 atom stereocenters. The van der Waals surface area contributed by atoms with Gasteiger partial charge < -0.3 is 19.7 Å². The van der Waals surface area contributed by atoms with Crippen LogP contribution in [-0.2, 0) is 9.53 Å². The van der Waals surface area contributed by atoms with Crippen LogP contribution in [0.25, 0.3) is 0 Å². The Balaban J connectivity index is 2.36. The van der Waals surface area contributed by atoms with Gasteiger partial charge in [-0.25, -0.2) is 4.79 Å². The highest BCUT2D eigenvalue weighted by Gasteiger charge is 2.29. The minimum absolute atomic E-state index is 0.175. The number of hydrogen-bond acceptors (Lipinski definition) is 6. The van der Waals surface area contributed by atoms with Gasteiger partial charge in [-0.1, -0.05) is 25.1 Å². The SMILES string of the molecule is CCOC(=O)c1c(NC(=O)[C@@H](CC)Oc2ccccc2)sc(C(=O)N(CC)CC)c1C. The molecule has 0 radical (unpaired) electrons. The molecule has 0 saturated heterocycles. The van der Waals surface area contributed by atoms with Crippen LogP contribution in [0, 0.1) is 6.92 Å². The van der Waals surface area contributed by atoms with Gasteiger partial charge in [-0.05, 0) is 51.8 Å². The topological polar surface area (TPSA) is 84.9 Å². The first-order valence-electron chi connectivity index (χ1n) is 10.5. The monoisotopic (exact) mass is 446 g/mol. The van der Waals surface area contributed by atoms with Crippen LogP contribution in [0.15, 0.2) is 30.3 Å². The molecule has 168 valence electrons. The summed E-state index contributed by atoms with van der Waals surface area (Å²) in [5.41, 5.74) is 0.720. The van der Waals surface area contributed by atoms with E-state index >= 15 is 0 Å². The van der Waals surface area contributed by atoms with Crippen molar-refractivity contribution in [2.75, 3.05) is 25.0 Å². The Hall–Kier alpha value is -2.87. The van der Waals surface area contributed by atoms with E-state index in [1.165, 1.54) is 0 Å². The van der Waals surface area contributed by atoms with Gasteiger partial charge >= 0.3 is 5.97 Å². The Kier molecular flexibility index (Phi) is 9.05. The number of hydrogen-bond donors (Lipinski definition) is 1. The minimum atomic E-state index is -0.748. The summed E-state index contributed by atoms with van der Waals surface area (Å²) in [5.74, 6) is -0.553. The maximum absolute atomic E-state index is 12.9. The molecule has 0 aliphatic carbocycles. The molecular weight excluding hydrogens is 416 g/mol. The molecule has 0 aliphatic heterocycles. The first-order chi connectivity index (χ1) is 14.9. The number of esters is 1. The fraction of sp³-hybridized carbons (Fsp3) is 0.435. The molecule has 0 spiro atoms.